The number of nitrogens with one attached hydrogen (secondary N) is 1. The molecule has 104 valence electrons. The molecule has 2 aromatic rings. The van der Waals surface area contributed by atoms with Gasteiger partial charge >= 0.3 is 0 Å². The predicted octanol–water partition coefficient (Wildman–Crippen LogP) is 3.33. The summed E-state index contributed by atoms with van der Waals surface area (Å²) in [6.07, 6.45) is 2.02. The summed E-state index contributed by atoms with van der Waals surface area (Å²) in [6.45, 7) is 0.735. The van der Waals surface area contributed by atoms with Crippen LogP contribution in [0.3, 0.4) is 0 Å². The van der Waals surface area contributed by atoms with Crippen molar-refractivity contribution in [2.24, 2.45) is 0 Å². The van der Waals surface area contributed by atoms with E-state index in [2.05, 4.69) is 5.32 Å². The van der Waals surface area contributed by atoms with Crippen molar-refractivity contribution in [3.63, 3.8) is 0 Å². The number of methoxy groups -OCH3 is 1. The number of hydrogen-bond donors (Lipinski definition) is 1. The maximum atomic E-state index is 6.02. The first-order valence-electron chi connectivity index (χ1n) is 6.56. The number of para-hydroxylation sites is 2. The maximum Gasteiger partial charge on any atom is 0.169 e. The molecule has 0 unspecified atom stereocenters. The van der Waals surface area contributed by atoms with E-state index in [0.29, 0.717) is 5.75 Å². The highest BCUT2D eigenvalue weighted by molar-refractivity contribution is 5.63. The lowest BCUT2D eigenvalue weighted by atomic mass is 10.2. The average molecular weight is 269 g/mol. The maximum absolute atomic E-state index is 6.02. The molecule has 0 aliphatic heterocycles. The SMILES string of the molecule is CNCC=C(Oc1ccccc1OC)c1ccccc1. The van der Waals surface area contributed by atoms with E-state index in [9.17, 15) is 0 Å². The molecule has 0 bridgehead atoms. The molecule has 0 aliphatic carbocycles. The Hall–Kier alpha value is -2.26. The average Bonchev–Trinajstić information content (AvgIpc) is 2.52. The molecule has 0 heterocycles. The molecule has 0 saturated carbocycles. The molecule has 20 heavy (non-hydrogen) atoms. The topological polar surface area (TPSA) is 30.5 Å². The van der Waals surface area contributed by atoms with Crippen LogP contribution in [0.25, 0.3) is 5.76 Å². The molecule has 0 aromatic heterocycles. The molecule has 0 radical (unpaired) electrons. The van der Waals surface area contributed by atoms with Crippen molar-refractivity contribution in [1.29, 1.82) is 0 Å². The van der Waals surface area contributed by atoms with E-state index in [4.69, 9.17) is 9.47 Å². The van der Waals surface area contributed by atoms with Gasteiger partial charge in [-0.25, -0.2) is 0 Å². The molecule has 2 aromatic carbocycles. The summed E-state index contributed by atoms with van der Waals surface area (Å²) in [7, 11) is 3.55. The zero-order valence-electron chi connectivity index (χ0n) is 11.8. The number of hydrogen-bond acceptors (Lipinski definition) is 3. The van der Waals surface area contributed by atoms with Crippen molar-refractivity contribution < 1.29 is 9.47 Å². The van der Waals surface area contributed by atoms with Crippen molar-refractivity contribution in [3.05, 3.63) is 66.2 Å². The van der Waals surface area contributed by atoms with Crippen LogP contribution in [-0.4, -0.2) is 20.7 Å². The molecule has 0 atom stereocenters. The second-order valence-electron chi connectivity index (χ2n) is 4.24. The first-order chi connectivity index (χ1) is 9.85. The summed E-state index contributed by atoms with van der Waals surface area (Å²) in [5.74, 6) is 2.24. The summed E-state index contributed by atoms with van der Waals surface area (Å²) < 4.78 is 11.3. The van der Waals surface area contributed by atoms with Crippen LogP contribution in [0.5, 0.6) is 11.5 Å². The van der Waals surface area contributed by atoms with Crippen molar-refractivity contribution in [3.8, 4) is 11.5 Å². The van der Waals surface area contributed by atoms with Gasteiger partial charge in [0.2, 0.25) is 0 Å². The minimum Gasteiger partial charge on any atom is -0.493 e. The molecular weight excluding hydrogens is 250 g/mol. The van der Waals surface area contributed by atoms with E-state index in [1.165, 1.54) is 0 Å². The lowest BCUT2D eigenvalue weighted by Crippen LogP contribution is -2.07. The van der Waals surface area contributed by atoms with E-state index in [1.54, 1.807) is 7.11 Å². The van der Waals surface area contributed by atoms with E-state index >= 15 is 0 Å². The molecule has 0 fully saturated rings. The third kappa shape index (κ3) is 3.62. The standard InChI is InChI=1S/C17H19NO2/c1-18-13-12-15(14-8-4-3-5-9-14)20-17-11-7-6-10-16(17)19-2/h3-12,18H,13H2,1-2H3. The Morgan fingerprint density at radius 1 is 1.00 bits per heavy atom. The quantitative estimate of drug-likeness (QED) is 0.816. The Morgan fingerprint density at radius 2 is 1.65 bits per heavy atom. The van der Waals surface area contributed by atoms with Crippen molar-refractivity contribution in [2.45, 2.75) is 0 Å². The normalized spacial score (nSPS) is 11.2. The Bertz CT molecular complexity index is 564. The zero-order valence-corrected chi connectivity index (χ0v) is 11.8. The van der Waals surface area contributed by atoms with Crippen LogP contribution < -0.4 is 14.8 Å². The summed E-state index contributed by atoms with van der Waals surface area (Å²) in [5, 5.41) is 3.09. The van der Waals surface area contributed by atoms with Gasteiger partial charge in [0.15, 0.2) is 11.5 Å². The van der Waals surface area contributed by atoms with E-state index < -0.39 is 0 Å². The van der Waals surface area contributed by atoms with Gasteiger partial charge < -0.3 is 14.8 Å². The summed E-state index contributed by atoms with van der Waals surface area (Å²) >= 11 is 0. The van der Waals surface area contributed by atoms with Gasteiger partial charge in [-0.2, -0.15) is 0 Å². The number of benzene rings is 2. The third-order valence-electron chi connectivity index (χ3n) is 2.84. The molecule has 0 spiro atoms. The van der Waals surface area contributed by atoms with Crippen LogP contribution in [0, 0.1) is 0 Å². The molecule has 0 saturated heterocycles. The molecule has 2 rings (SSSR count). The molecule has 0 aliphatic rings. The molecular formula is C17H19NO2. The zero-order chi connectivity index (χ0) is 14.2. The van der Waals surface area contributed by atoms with Gasteiger partial charge in [0.25, 0.3) is 0 Å². The van der Waals surface area contributed by atoms with Gasteiger partial charge in [-0.1, -0.05) is 42.5 Å². The summed E-state index contributed by atoms with van der Waals surface area (Å²) in [6, 6.07) is 17.7. The number of likely N-dealkylation sites (N-methyl/N-ethyl adjacent to an activating group) is 1. The van der Waals surface area contributed by atoms with Gasteiger partial charge in [-0.15, -0.1) is 0 Å². The molecule has 1 N–H and O–H groups in total. The van der Waals surface area contributed by atoms with Crippen LogP contribution in [0.15, 0.2) is 60.7 Å². The highest BCUT2D eigenvalue weighted by atomic mass is 16.5. The van der Waals surface area contributed by atoms with E-state index in [-0.39, 0.29) is 0 Å². The van der Waals surface area contributed by atoms with Gasteiger partial charge in [0.05, 0.1) is 7.11 Å². The fourth-order valence-electron chi connectivity index (χ4n) is 1.84. The van der Waals surface area contributed by atoms with E-state index in [0.717, 1.165) is 23.6 Å². The molecule has 3 heteroatoms. The van der Waals surface area contributed by atoms with Crippen molar-refractivity contribution in [2.75, 3.05) is 20.7 Å². The van der Waals surface area contributed by atoms with Gasteiger partial charge in [-0.05, 0) is 25.3 Å². The van der Waals surface area contributed by atoms with Gasteiger partial charge in [0.1, 0.15) is 5.76 Å². The Labute approximate surface area is 119 Å². The Balaban J connectivity index is 2.29. The fourth-order valence-corrected chi connectivity index (χ4v) is 1.84. The van der Waals surface area contributed by atoms with Crippen LogP contribution >= 0.6 is 0 Å². The second-order valence-corrected chi connectivity index (χ2v) is 4.24. The minimum absolute atomic E-state index is 0.709. The summed E-state index contributed by atoms with van der Waals surface area (Å²) in [5.41, 5.74) is 1.04. The third-order valence-corrected chi connectivity index (χ3v) is 2.84. The van der Waals surface area contributed by atoms with Gasteiger partial charge in [-0.3, -0.25) is 0 Å². The van der Waals surface area contributed by atoms with Crippen LogP contribution in [0.1, 0.15) is 5.56 Å². The number of rotatable bonds is 6. The highest BCUT2D eigenvalue weighted by Gasteiger charge is 2.08. The Morgan fingerprint density at radius 3 is 2.30 bits per heavy atom. The van der Waals surface area contributed by atoms with Gasteiger partial charge in [0, 0.05) is 12.1 Å². The first-order valence-corrected chi connectivity index (χ1v) is 6.56. The van der Waals surface area contributed by atoms with Crippen LogP contribution in [0.4, 0.5) is 0 Å². The van der Waals surface area contributed by atoms with Crippen LogP contribution in [-0.2, 0) is 0 Å². The smallest absolute Gasteiger partial charge is 0.169 e. The minimum atomic E-state index is 0.709. The molecule has 0 amide bonds. The largest absolute Gasteiger partial charge is 0.493 e. The fraction of sp³-hybridized carbons (Fsp3) is 0.176. The summed E-state index contributed by atoms with van der Waals surface area (Å²) in [4.78, 5) is 0. The second kappa shape index (κ2) is 7.36. The highest BCUT2D eigenvalue weighted by Crippen LogP contribution is 2.30. The number of ether oxygens (including phenoxy) is 2. The van der Waals surface area contributed by atoms with E-state index in [1.807, 2.05) is 67.7 Å². The lowest BCUT2D eigenvalue weighted by molar-refractivity contribution is 0.385. The lowest BCUT2D eigenvalue weighted by Gasteiger charge is -2.13. The predicted molar refractivity (Wildman–Crippen MR) is 82.0 cm³/mol. The first kappa shape index (κ1) is 14.2. The molecule has 3 nitrogen and oxygen atoms in total. The Kier molecular flexibility index (Phi) is 5.21. The van der Waals surface area contributed by atoms with Crippen molar-refractivity contribution in [1.82, 2.24) is 5.32 Å². The van der Waals surface area contributed by atoms with Crippen molar-refractivity contribution >= 4 is 5.76 Å². The van der Waals surface area contributed by atoms with Crippen LogP contribution in [0.2, 0.25) is 0 Å². The monoisotopic (exact) mass is 269 g/mol.